The molecule has 4 bridgehead atoms. The van der Waals surface area contributed by atoms with Crippen molar-refractivity contribution in [2.45, 2.75) is 73.2 Å². The standard InChI is InChI=1S/C30H34ClN3O4/c1-38-27(36)20-8-6-19(7-9-20)26(35)34-12-10-23(11-13-34)32-28(37)33-30-16-21-14-29(31,18-30)15-22(17-30)25-5-3-2-4-24(21)25/h2-9,21-23H,10-18H2,1H3,(H2,32,33,37). The second-order valence-corrected chi connectivity index (χ2v) is 12.5. The Labute approximate surface area is 228 Å². The van der Waals surface area contributed by atoms with Gasteiger partial charge < -0.3 is 20.3 Å². The van der Waals surface area contributed by atoms with Crippen LogP contribution in [0.4, 0.5) is 4.79 Å². The zero-order valence-corrected chi connectivity index (χ0v) is 22.4. The van der Waals surface area contributed by atoms with Crippen LogP contribution in [0.5, 0.6) is 0 Å². The predicted octanol–water partition coefficient (Wildman–Crippen LogP) is 4.95. The number of ether oxygens (including phenoxy) is 1. The molecular formula is C30H34ClN3O4. The average Bonchev–Trinajstić information content (AvgIpc) is 3.05. The van der Waals surface area contributed by atoms with E-state index in [9.17, 15) is 14.4 Å². The van der Waals surface area contributed by atoms with Crippen LogP contribution < -0.4 is 10.6 Å². The molecule has 2 atom stereocenters. The van der Waals surface area contributed by atoms with Gasteiger partial charge in [-0.05, 0) is 92.2 Å². The molecule has 3 fully saturated rings. The molecule has 7 nitrogen and oxygen atoms in total. The zero-order valence-electron chi connectivity index (χ0n) is 21.7. The zero-order chi connectivity index (χ0) is 26.5. The minimum atomic E-state index is -0.427. The van der Waals surface area contributed by atoms with Gasteiger partial charge in [-0.1, -0.05) is 24.3 Å². The summed E-state index contributed by atoms with van der Waals surface area (Å²) in [7, 11) is 1.33. The number of urea groups is 1. The summed E-state index contributed by atoms with van der Waals surface area (Å²) in [5, 5.41) is 6.59. The highest BCUT2D eigenvalue weighted by atomic mass is 35.5. The first-order valence-electron chi connectivity index (χ1n) is 13.6. The van der Waals surface area contributed by atoms with Crippen molar-refractivity contribution in [3.63, 3.8) is 0 Å². The van der Waals surface area contributed by atoms with Crippen molar-refractivity contribution in [1.82, 2.24) is 15.5 Å². The molecule has 0 radical (unpaired) electrons. The van der Waals surface area contributed by atoms with Gasteiger partial charge in [0.1, 0.15) is 0 Å². The van der Waals surface area contributed by atoms with Crippen molar-refractivity contribution in [2.75, 3.05) is 20.2 Å². The Balaban J connectivity index is 1.05. The van der Waals surface area contributed by atoms with Gasteiger partial charge in [0.2, 0.25) is 0 Å². The van der Waals surface area contributed by atoms with Crippen LogP contribution >= 0.6 is 11.6 Å². The Bertz CT molecular complexity index is 1220. The molecule has 2 unspecified atom stereocenters. The molecular weight excluding hydrogens is 502 g/mol. The first-order chi connectivity index (χ1) is 18.3. The van der Waals surface area contributed by atoms with Gasteiger partial charge in [-0.25, -0.2) is 9.59 Å². The van der Waals surface area contributed by atoms with Crippen LogP contribution in [0, 0.1) is 0 Å². The molecule has 200 valence electrons. The largest absolute Gasteiger partial charge is 0.465 e. The highest BCUT2D eigenvalue weighted by Crippen LogP contribution is 2.61. The number of halogens is 1. The van der Waals surface area contributed by atoms with Crippen LogP contribution in [0.25, 0.3) is 0 Å². The van der Waals surface area contributed by atoms with E-state index in [1.807, 2.05) is 0 Å². The molecule has 2 aromatic carbocycles. The first kappa shape index (κ1) is 25.2. The van der Waals surface area contributed by atoms with Gasteiger partial charge in [0.25, 0.3) is 5.91 Å². The molecule has 8 heteroatoms. The number of hydrogen-bond donors (Lipinski definition) is 2. The third kappa shape index (κ3) is 4.66. The fraction of sp³-hybridized carbons (Fsp3) is 0.500. The number of alkyl halides is 1. The van der Waals surface area contributed by atoms with E-state index in [2.05, 4.69) is 34.9 Å². The van der Waals surface area contributed by atoms with E-state index < -0.39 is 5.97 Å². The lowest BCUT2D eigenvalue weighted by Crippen LogP contribution is -2.61. The van der Waals surface area contributed by atoms with Crippen LogP contribution in [-0.2, 0) is 4.74 Å². The number of benzene rings is 2. The van der Waals surface area contributed by atoms with Crippen molar-refractivity contribution >= 4 is 29.5 Å². The van der Waals surface area contributed by atoms with Gasteiger partial charge in [-0.15, -0.1) is 11.6 Å². The van der Waals surface area contributed by atoms with Gasteiger partial charge >= 0.3 is 12.0 Å². The Morgan fingerprint density at radius 1 is 0.895 bits per heavy atom. The van der Waals surface area contributed by atoms with Crippen molar-refractivity contribution in [3.05, 3.63) is 70.8 Å². The van der Waals surface area contributed by atoms with Crippen LogP contribution in [0.1, 0.15) is 88.6 Å². The lowest BCUT2D eigenvalue weighted by Gasteiger charge is -2.52. The quantitative estimate of drug-likeness (QED) is 0.428. The van der Waals surface area contributed by atoms with E-state index in [0.29, 0.717) is 48.9 Å². The van der Waals surface area contributed by atoms with Crippen molar-refractivity contribution < 1.29 is 19.1 Å². The van der Waals surface area contributed by atoms with Crippen molar-refractivity contribution in [2.24, 2.45) is 0 Å². The number of likely N-dealkylation sites (tertiary alicyclic amines) is 1. The fourth-order valence-electron chi connectivity index (χ4n) is 7.61. The minimum absolute atomic E-state index is 0.0130. The van der Waals surface area contributed by atoms with Crippen LogP contribution in [0.2, 0.25) is 0 Å². The predicted molar refractivity (Wildman–Crippen MR) is 145 cm³/mol. The number of carbonyl (C=O) groups excluding carboxylic acids is 3. The summed E-state index contributed by atoms with van der Waals surface area (Å²) in [6, 6.07) is 15.1. The Morgan fingerprint density at radius 3 is 2.05 bits per heavy atom. The number of piperidine rings is 1. The average molecular weight is 536 g/mol. The monoisotopic (exact) mass is 535 g/mol. The molecule has 2 N–H and O–H groups in total. The van der Waals surface area contributed by atoms with Gasteiger partial charge in [0.15, 0.2) is 0 Å². The third-order valence-electron chi connectivity index (χ3n) is 9.08. The van der Waals surface area contributed by atoms with Crippen molar-refractivity contribution in [3.8, 4) is 0 Å². The molecule has 2 aromatic rings. The molecule has 38 heavy (non-hydrogen) atoms. The third-order valence-corrected chi connectivity index (χ3v) is 9.52. The lowest BCUT2D eigenvalue weighted by molar-refractivity contribution is 0.0599. The minimum Gasteiger partial charge on any atom is -0.465 e. The molecule has 7 rings (SSSR count). The van der Waals surface area contributed by atoms with E-state index in [4.69, 9.17) is 16.3 Å². The van der Waals surface area contributed by atoms with Gasteiger partial charge in [0.05, 0.1) is 12.7 Å². The summed E-state index contributed by atoms with van der Waals surface area (Å²) in [5.74, 6) is 0.257. The van der Waals surface area contributed by atoms with Gasteiger partial charge in [0, 0.05) is 35.1 Å². The van der Waals surface area contributed by atoms with E-state index >= 15 is 0 Å². The number of methoxy groups -OCH3 is 1. The summed E-state index contributed by atoms with van der Waals surface area (Å²) in [4.78, 5) is 39.4. The number of esters is 1. The molecule has 1 saturated heterocycles. The number of hydrogen-bond acceptors (Lipinski definition) is 4. The number of nitrogens with zero attached hydrogens (tertiary/aromatic N) is 1. The topological polar surface area (TPSA) is 87.7 Å². The second-order valence-electron chi connectivity index (χ2n) is 11.7. The highest BCUT2D eigenvalue weighted by molar-refractivity contribution is 6.24. The lowest BCUT2D eigenvalue weighted by atomic mass is 9.62. The fourth-order valence-corrected chi connectivity index (χ4v) is 8.24. The molecule has 1 aliphatic heterocycles. The van der Waals surface area contributed by atoms with Crippen LogP contribution in [0.15, 0.2) is 48.5 Å². The Morgan fingerprint density at radius 2 is 1.47 bits per heavy atom. The number of rotatable bonds is 4. The summed E-state index contributed by atoms with van der Waals surface area (Å²) >= 11 is 7.19. The number of amides is 3. The van der Waals surface area contributed by atoms with Crippen LogP contribution in [-0.4, -0.2) is 59.5 Å². The smallest absolute Gasteiger partial charge is 0.337 e. The maximum atomic E-state index is 13.3. The summed E-state index contributed by atoms with van der Waals surface area (Å²) in [6.45, 7) is 1.13. The van der Waals surface area contributed by atoms with Gasteiger partial charge in [-0.3, -0.25) is 4.79 Å². The maximum Gasteiger partial charge on any atom is 0.337 e. The Hall–Kier alpha value is -3.06. The normalized spacial score (nSPS) is 29.8. The SMILES string of the molecule is COC(=O)c1ccc(C(=O)N2CCC(NC(=O)NC34CC5CC(Cl)(CC(C3)c3ccccc35)C4)CC2)cc1. The highest BCUT2D eigenvalue weighted by Gasteiger charge is 2.57. The van der Waals surface area contributed by atoms with Gasteiger partial charge in [-0.2, -0.15) is 0 Å². The summed E-state index contributed by atoms with van der Waals surface area (Å²) < 4.78 is 4.72. The Kier molecular flexibility index (Phi) is 6.37. The van der Waals surface area contributed by atoms with E-state index in [-0.39, 0.29) is 28.4 Å². The summed E-state index contributed by atoms with van der Waals surface area (Å²) in [5.41, 5.74) is 3.50. The molecule has 1 heterocycles. The molecule has 0 spiro atoms. The number of carbonyl (C=O) groups is 3. The van der Waals surface area contributed by atoms with E-state index in [1.165, 1.54) is 18.2 Å². The summed E-state index contributed by atoms with van der Waals surface area (Å²) in [6.07, 6.45) is 6.03. The second kappa shape index (κ2) is 9.60. The number of nitrogens with one attached hydrogen (secondary N) is 2. The molecule has 0 aromatic heterocycles. The first-order valence-corrected chi connectivity index (χ1v) is 14.0. The van der Waals surface area contributed by atoms with E-state index in [0.717, 1.165) is 32.1 Å². The van der Waals surface area contributed by atoms with Crippen molar-refractivity contribution in [1.29, 1.82) is 0 Å². The molecule has 5 aliphatic rings. The van der Waals surface area contributed by atoms with Crippen LogP contribution in [0.3, 0.4) is 0 Å². The van der Waals surface area contributed by atoms with E-state index in [1.54, 1.807) is 29.2 Å². The molecule has 4 aliphatic carbocycles. The maximum absolute atomic E-state index is 13.3. The molecule has 2 saturated carbocycles. The molecule has 3 amide bonds.